The molecule has 1 aromatic heterocycles. The van der Waals surface area contributed by atoms with E-state index in [2.05, 4.69) is 4.98 Å². The van der Waals surface area contributed by atoms with Crippen LogP contribution in [0.4, 0.5) is 4.79 Å². The lowest BCUT2D eigenvalue weighted by molar-refractivity contribution is 0.153. The normalized spacial score (nSPS) is 9.55. The Morgan fingerprint density at radius 2 is 2.55 bits per heavy atom. The van der Waals surface area contributed by atoms with E-state index in [-0.39, 0.29) is 0 Å². The maximum Gasteiger partial charge on any atom is 0.407 e. The van der Waals surface area contributed by atoms with E-state index in [0.717, 1.165) is 5.69 Å². The molecule has 11 heavy (non-hydrogen) atoms. The van der Waals surface area contributed by atoms with Crippen LogP contribution in [0.25, 0.3) is 0 Å². The topological polar surface area (TPSA) is 56.3 Å². The average molecular weight is 154 g/mol. The predicted molar refractivity (Wildman–Crippen MR) is 40.3 cm³/mol. The van der Waals surface area contributed by atoms with Crippen molar-refractivity contribution >= 4 is 6.09 Å². The Hall–Kier alpha value is -1.45. The van der Waals surface area contributed by atoms with Crippen LogP contribution in [0.5, 0.6) is 0 Å². The Morgan fingerprint density at radius 1 is 1.82 bits per heavy atom. The van der Waals surface area contributed by atoms with Crippen molar-refractivity contribution in [1.29, 1.82) is 0 Å². The molecule has 0 saturated heterocycles. The zero-order chi connectivity index (χ0) is 8.27. The lowest BCUT2D eigenvalue weighted by atomic mass is 10.4. The van der Waals surface area contributed by atoms with E-state index in [1.807, 2.05) is 12.1 Å². The van der Waals surface area contributed by atoms with Crippen LogP contribution in [0.1, 0.15) is 5.69 Å². The third kappa shape index (κ3) is 2.00. The fourth-order valence-electron chi connectivity index (χ4n) is 0.789. The van der Waals surface area contributed by atoms with E-state index < -0.39 is 6.09 Å². The molecule has 0 atom stereocenters. The van der Waals surface area contributed by atoms with Crippen LogP contribution in [-0.4, -0.2) is 28.1 Å². The summed E-state index contributed by atoms with van der Waals surface area (Å²) < 4.78 is 0. The number of carbonyl (C=O) groups is 1. The van der Waals surface area contributed by atoms with Gasteiger partial charge in [-0.3, -0.25) is 0 Å². The Kier molecular flexibility index (Phi) is 2.15. The Bertz CT molecular complexity index is 231. The molecule has 0 unspecified atom stereocenters. The summed E-state index contributed by atoms with van der Waals surface area (Å²) in [6.07, 6.45) is 0.852. The number of aromatic nitrogens is 1. The SMILES string of the molecule is CN(Cc1ccc[nH]1)C(=O)O. The number of nitrogens with zero attached hydrogens (tertiary/aromatic N) is 1. The van der Waals surface area contributed by atoms with Crippen molar-refractivity contribution in [2.24, 2.45) is 0 Å². The molecule has 2 N–H and O–H groups in total. The highest BCUT2D eigenvalue weighted by atomic mass is 16.4. The first-order valence-corrected chi connectivity index (χ1v) is 3.26. The van der Waals surface area contributed by atoms with Crippen LogP contribution in [0.15, 0.2) is 18.3 Å². The second-order valence-corrected chi connectivity index (χ2v) is 2.33. The Balaban J connectivity index is 2.50. The zero-order valence-corrected chi connectivity index (χ0v) is 6.24. The van der Waals surface area contributed by atoms with Crippen molar-refractivity contribution in [1.82, 2.24) is 9.88 Å². The fourth-order valence-corrected chi connectivity index (χ4v) is 0.789. The molecule has 0 bridgehead atoms. The third-order valence-corrected chi connectivity index (χ3v) is 1.40. The summed E-state index contributed by atoms with van der Waals surface area (Å²) in [6.45, 7) is 0.405. The van der Waals surface area contributed by atoms with Gasteiger partial charge in [-0.2, -0.15) is 0 Å². The standard InChI is InChI=1S/C7H10N2O2/c1-9(7(10)11)5-6-3-2-4-8-6/h2-4,8H,5H2,1H3,(H,10,11). The van der Waals surface area contributed by atoms with Gasteiger partial charge >= 0.3 is 6.09 Å². The quantitative estimate of drug-likeness (QED) is 0.670. The summed E-state index contributed by atoms with van der Waals surface area (Å²) in [4.78, 5) is 14.5. The van der Waals surface area contributed by atoms with Gasteiger partial charge in [0.05, 0.1) is 6.54 Å². The molecule has 0 aliphatic heterocycles. The van der Waals surface area contributed by atoms with Crippen molar-refractivity contribution in [2.45, 2.75) is 6.54 Å². The molecular formula is C7H10N2O2. The number of H-pyrrole nitrogens is 1. The Labute approximate surface area is 64.5 Å². The summed E-state index contributed by atoms with van der Waals surface area (Å²) in [7, 11) is 1.53. The number of carboxylic acid groups (broad SMARTS) is 1. The monoisotopic (exact) mass is 154 g/mol. The van der Waals surface area contributed by atoms with Crippen LogP contribution < -0.4 is 0 Å². The second-order valence-electron chi connectivity index (χ2n) is 2.33. The van der Waals surface area contributed by atoms with Gasteiger partial charge in [-0.15, -0.1) is 0 Å². The van der Waals surface area contributed by atoms with Crippen molar-refractivity contribution in [3.05, 3.63) is 24.0 Å². The van der Waals surface area contributed by atoms with Crippen LogP contribution in [0.3, 0.4) is 0 Å². The van der Waals surface area contributed by atoms with Crippen molar-refractivity contribution in [3.63, 3.8) is 0 Å². The number of hydrogen-bond acceptors (Lipinski definition) is 1. The molecule has 0 fully saturated rings. The molecule has 60 valence electrons. The van der Waals surface area contributed by atoms with E-state index in [4.69, 9.17) is 5.11 Å². The molecule has 1 heterocycles. The van der Waals surface area contributed by atoms with Gasteiger partial charge < -0.3 is 15.0 Å². The zero-order valence-electron chi connectivity index (χ0n) is 6.24. The first-order chi connectivity index (χ1) is 5.20. The molecular weight excluding hydrogens is 144 g/mol. The first kappa shape index (κ1) is 7.65. The second kappa shape index (κ2) is 3.09. The molecule has 1 aromatic rings. The highest BCUT2D eigenvalue weighted by molar-refractivity contribution is 5.64. The molecule has 0 aliphatic carbocycles. The smallest absolute Gasteiger partial charge is 0.407 e. The minimum Gasteiger partial charge on any atom is -0.465 e. The third-order valence-electron chi connectivity index (χ3n) is 1.40. The van der Waals surface area contributed by atoms with E-state index in [0.29, 0.717) is 6.54 Å². The molecule has 0 saturated carbocycles. The van der Waals surface area contributed by atoms with Crippen LogP contribution >= 0.6 is 0 Å². The molecule has 0 spiro atoms. The summed E-state index contributed by atoms with van der Waals surface area (Å²) in [5.74, 6) is 0. The van der Waals surface area contributed by atoms with E-state index >= 15 is 0 Å². The van der Waals surface area contributed by atoms with Crippen molar-refractivity contribution in [2.75, 3.05) is 7.05 Å². The molecule has 0 radical (unpaired) electrons. The van der Waals surface area contributed by atoms with Gasteiger partial charge in [-0.1, -0.05) is 0 Å². The number of aromatic amines is 1. The highest BCUT2D eigenvalue weighted by Gasteiger charge is 2.05. The highest BCUT2D eigenvalue weighted by Crippen LogP contribution is 1.98. The maximum atomic E-state index is 10.3. The molecule has 0 aliphatic rings. The minimum absolute atomic E-state index is 0.405. The van der Waals surface area contributed by atoms with Gasteiger partial charge in [0, 0.05) is 18.9 Å². The maximum absolute atomic E-state index is 10.3. The fraction of sp³-hybridized carbons (Fsp3) is 0.286. The number of nitrogens with one attached hydrogen (secondary N) is 1. The number of rotatable bonds is 2. The minimum atomic E-state index is -0.917. The lowest BCUT2D eigenvalue weighted by Gasteiger charge is -2.10. The van der Waals surface area contributed by atoms with Crippen molar-refractivity contribution < 1.29 is 9.90 Å². The van der Waals surface area contributed by atoms with Crippen molar-refractivity contribution in [3.8, 4) is 0 Å². The largest absolute Gasteiger partial charge is 0.465 e. The molecule has 0 aromatic carbocycles. The van der Waals surface area contributed by atoms with Crippen LogP contribution in [0.2, 0.25) is 0 Å². The Morgan fingerprint density at radius 3 is 3.00 bits per heavy atom. The lowest BCUT2D eigenvalue weighted by Crippen LogP contribution is -2.23. The summed E-state index contributed by atoms with van der Waals surface area (Å²) in [5, 5.41) is 8.49. The molecule has 4 nitrogen and oxygen atoms in total. The van der Waals surface area contributed by atoms with Crippen LogP contribution in [-0.2, 0) is 6.54 Å². The van der Waals surface area contributed by atoms with E-state index in [1.165, 1.54) is 11.9 Å². The molecule has 1 amide bonds. The molecule has 1 rings (SSSR count). The van der Waals surface area contributed by atoms with Gasteiger partial charge in [0.25, 0.3) is 0 Å². The van der Waals surface area contributed by atoms with Gasteiger partial charge in [0.2, 0.25) is 0 Å². The van der Waals surface area contributed by atoms with Gasteiger partial charge in [0.1, 0.15) is 0 Å². The summed E-state index contributed by atoms with van der Waals surface area (Å²) >= 11 is 0. The van der Waals surface area contributed by atoms with Gasteiger partial charge in [0.15, 0.2) is 0 Å². The van der Waals surface area contributed by atoms with E-state index in [9.17, 15) is 4.79 Å². The van der Waals surface area contributed by atoms with Gasteiger partial charge in [-0.05, 0) is 12.1 Å². The summed E-state index contributed by atoms with van der Waals surface area (Å²) in [5.41, 5.74) is 0.898. The first-order valence-electron chi connectivity index (χ1n) is 3.26. The average Bonchev–Trinajstić information content (AvgIpc) is 2.39. The number of amides is 1. The summed E-state index contributed by atoms with van der Waals surface area (Å²) in [6, 6.07) is 3.68. The van der Waals surface area contributed by atoms with Crippen LogP contribution in [0, 0.1) is 0 Å². The number of hydrogen-bond donors (Lipinski definition) is 2. The van der Waals surface area contributed by atoms with Gasteiger partial charge in [-0.25, -0.2) is 4.79 Å². The predicted octanol–water partition coefficient (Wildman–Crippen LogP) is 1.12. The molecule has 4 heteroatoms. The van der Waals surface area contributed by atoms with E-state index in [1.54, 1.807) is 6.20 Å².